The maximum Gasteiger partial charge on any atom is 0.0645 e. The first-order chi connectivity index (χ1) is 12.8. The second kappa shape index (κ2) is 7.87. The molecule has 0 amide bonds. The van der Waals surface area contributed by atoms with Crippen LogP contribution in [0.25, 0.3) is 5.69 Å². The summed E-state index contributed by atoms with van der Waals surface area (Å²) in [6, 6.07) is 13.0. The van der Waals surface area contributed by atoms with E-state index in [-0.39, 0.29) is 0 Å². The maximum atomic E-state index is 4.73. The van der Waals surface area contributed by atoms with Crippen molar-refractivity contribution < 1.29 is 0 Å². The number of benzene rings is 1. The van der Waals surface area contributed by atoms with Crippen LogP contribution in [-0.2, 0) is 13.1 Å². The topological polar surface area (TPSA) is 38.9 Å². The fourth-order valence-corrected chi connectivity index (χ4v) is 3.89. The van der Waals surface area contributed by atoms with E-state index in [1.165, 1.54) is 31.4 Å². The van der Waals surface area contributed by atoms with E-state index < -0.39 is 0 Å². The highest BCUT2D eigenvalue weighted by atomic mass is 15.3. The Morgan fingerprint density at radius 3 is 2.81 bits per heavy atom. The highest BCUT2D eigenvalue weighted by Gasteiger charge is 2.23. The van der Waals surface area contributed by atoms with Gasteiger partial charge in [0.25, 0.3) is 0 Å². The first-order valence-corrected chi connectivity index (χ1v) is 9.61. The number of aromatic nitrogens is 4. The summed E-state index contributed by atoms with van der Waals surface area (Å²) in [4.78, 5) is 2.65. The lowest BCUT2D eigenvalue weighted by Crippen LogP contribution is -2.39. The van der Waals surface area contributed by atoms with Crippen molar-refractivity contribution in [2.24, 2.45) is 0 Å². The molecule has 1 atom stereocenters. The summed E-state index contributed by atoms with van der Waals surface area (Å²) in [6.07, 6.45) is 11.2. The zero-order chi connectivity index (χ0) is 17.8. The van der Waals surface area contributed by atoms with Gasteiger partial charge >= 0.3 is 0 Å². The van der Waals surface area contributed by atoms with Gasteiger partial charge in [0.15, 0.2) is 0 Å². The van der Waals surface area contributed by atoms with Crippen LogP contribution in [0.4, 0.5) is 0 Å². The molecule has 1 aliphatic heterocycles. The number of nitrogens with zero attached hydrogens (tertiary/aromatic N) is 5. The summed E-state index contributed by atoms with van der Waals surface area (Å²) in [5, 5.41) is 9.08. The molecule has 0 N–H and O–H groups in total. The predicted molar refractivity (Wildman–Crippen MR) is 103 cm³/mol. The van der Waals surface area contributed by atoms with Crippen molar-refractivity contribution in [2.75, 3.05) is 6.54 Å². The number of likely N-dealkylation sites (tertiary alicyclic amines) is 1. The maximum absolute atomic E-state index is 4.73. The molecule has 0 radical (unpaired) electrons. The van der Waals surface area contributed by atoms with Crippen molar-refractivity contribution >= 4 is 0 Å². The minimum absolute atomic E-state index is 0.632. The highest BCUT2D eigenvalue weighted by Crippen LogP contribution is 2.24. The van der Waals surface area contributed by atoms with Gasteiger partial charge in [-0.15, -0.1) is 0 Å². The van der Waals surface area contributed by atoms with E-state index in [0.29, 0.717) is 6.04 Å². The van der Waals surface area contributed by atoms with Gasteiger partial charge in [0.2, 0.25) is 0 Å². The molecule has 5 nitrogen and oxygen atoms in total. The van der Waals surface area contributed by atoms with Crippen LogP contribution < -0.4 is 0 Å². The van der Waals surface area contributed by atoms with Crippen molar-refractivity contribution in [1.82, 2.24) is 24.5 Å². The third-order valence-electron chi connectivity index (χ3n) is 5.39. The number of rotatable bonds is 6. The lowest BCUT2D eigenvalue weighted by atomic mass is 9.98. The number of hydrogen-bond donors (Lipinski definition) is 0. The zero-order valence-corrected chi connectivity index (χ0v) is 15.5. The average molecular weight is 349 g/mol. The predicted octanol–water partition coefficient (Wildman–Crippen LogP) is 3.82. The molecule has 1 saturated heterocycles. The lowest BCUT2D eigenvalue weighted by molar-refractivity contribution is 0.127. The Labute approximate surface area is 155 Å². The molecule has 136 valence electrons. The average Bonchev–Trinajstić information content (AvgIpc) is 3.32. The van der Waals surface area contributed by atoms with Crippen LogP contribution in [0.15, 0.2) is 55.0 Å². The molecule has 4 rings (SSSR count). The normalized spacial score (nSPS) is 18.3. The summed E-state index contributed by atoms with van der Waals surface area (Å²) >= 11 is 0. The minimum Gasteiger partial charge on any atom is -0.296 e. The van der Waals surface area contributed by atoms with E-state index in [1.807, 2.05) is 27.7 Å². The molecule has 26 heavy (non-hydrogen) atoms. The monoisotopic (exact) mass is 349 g/mol. The van der Waals surface area contributed by atoms with Crippen LogP contribution in [0.5, 0.6) is 0 Å². The van der Waals surface area contributed by atoms with E-state index >= 15 is 0 Å². The summed E-state index contributed by atoms with van der Waals surface area (Å²) in [5.74, 6) is 0. The fourth-order valence-electron chi connectivity index (χ4n) is 3.89. The molecule has 0 bridgehead atoms. The van der Waals surface area contributed by atoms with Gasteiger partial charge in [-0.3, -0.25) is 9.58 Å². The Hall–Kier alpha value is -2.40. The second-order valence-electron chi connectivity index (χ2n) is 7.20. The largest absolute Gasteiger partial charge is 0.296 e. The first-order valence-electron chi connectivity index (χ1n) is 9.61. The highest BCUT2D eigenvalue weighted by molar-refractivity contribution is 5.32. The van der Waals surface area contributed by atoms with Crippen molar-refractivity contribution in [3.8, 4) is 5.69 Å². The van der Waals surface area contributed by atoms with Gasteiger partial charge in [-0.05, 0) is 50.9 Å². The van der Waals surface area contributed by atoms with Gasteiger partial charge in [-0.25, -0.2) is 4.68 Å². The molecule has 1 aliphatic rings. The van der Waals surface area contributed by atoms with E-state index in [1.54, 1.807) is 0 Å². The molecule has 0 saturated carbocycles. The molecule has 0 aliphatic carbocycles. The smallest absolute Gasteiger partial charge is 0.0645 e. The molecule has 1 unspecified atom stereocenters. The first kappa shape index (κ1) is 17.0. The third-order valence-corrected chi connectivity index (χ3v) is 5.39. The summed E-state index contributed by atoms with van der Waals surface area (Å²) in [5.41, 5.74) is 3.58. The van der Waals surface area contributed by atoms with Crippen LogP contribution in [0.3, 0.4) is 0 Å². The standard InChI is InChI=1S/C21H27N5/c1-18-19(17-26(23-18)21-9-3-2-4-10-21)16-24-13-6-5-8-20(24)11-15-25-14-7-12-22-25/h2-4,7,9-10,12,14,17,20H,5-6,8,11,13,15-16H2,1H3. The van der Waals surface area contributed by atoms with Gasteiger partial charge in [-0.1, -0.05) is 24.6 Å². The SMILES string of the molecule is Cc1nn(-c2ccccc2)cc1CN1CCCCC1CCn1cccn1. The molecule has 3 aromatic rings. The van der Waals surface area contributed by atoms with E-state index in [2.05, 4.69) is 53.6 Å². The fraction of sp³-hybridized carbons (Fsp3) is 0.429. The number of para-hydroxylation sites is 1. The molecular formula is C21H27N5. The van der Waals surface area contributed by atoms with Crippen molar-refractivity contribution in [3.63, 3.8) is 0 Å². The number of hydrogen-bond acceptors (Lipinski definition) is 3. The van der Waals surface area contributed by atoms with E-state index in [9.17, 15) is 0 Å². The molecule has 5 heteroatoms. The molecule has 1 fully saturated rings. The Morgan fingerprint density at radius 1 is 1.12 bits per heavy atom. The van der Waals surface area contributed by atoms with Crippen LogP contribution in [-0.4, -0.2) is 37.0 Å². The van der Waals surface area contributed by atoms with E-state index in [0.717, 1.165) is 30.9 Å². The Bertz CT molecular complexity index is 806. The summed E-state index contributed by atoms with van der Waals surface area (Å²) < 4.78 is 4.05. The van der Waals surface area contributed by atoms with Crippen LogP contribution in [0, 0.1) is 6.92 Å². The Kier molecular flexibility index (Phi) is 5.16. The van der Waals surface area contributed by atoms with E-state index in [4.69, 9.17) is 5.10 Å². The summed E-state index contributed by atoms with van der Waals surface area (Å²) in [7, 11) is 0. The lowest BCUT2D eigenvalue weighted by Gasteiger charge is -2.35. The van der Waals surface area contributed by atoms with Crippen LogP contribution in [0.2, 0.25) is 0 Å². The quantitative estimate of drug-likeness (QED) is 0.679. The third kappa shape index (κ3) is 3.88. The number of aryl methyl sites for hydroxylation is 2. The number of piperidine rings is 1. The molecular weight excluding hydrogens is 322 g/mol. The van der Waals surface area contributed by atoms with Gasteiger partial charge in [0.05, 0.1) is 11.4 Å². The zero-order valence-electron chi connectivity index (χ0n) is 15.5. The van der Waals surface area contributed by atoms with Crippen LogP contribution in [0.1, 0.15) is 36.9 Å². The molecule has 0 spiro atoms. The van der Waals surface area contributed by atoms with Crippen molar-refractivity contribution in [2.45, 2.75) is 51.7 Å². The summed E-state index contributed by atoms with van der Waals surface area (Å²) in [6.45, 7) is 5.29. The van der Waals surface area contributed by atoms with Gasteiger partial charge in [-0.2, -0.15) is 10.2 Å². The van der Waals surface area contributed by atoms with Gasteiger partial charge in [0, 0.05) is 43.3 Å². The Morgan fingerprint density at radius 2 is 2.00 bits per heavy atom. The second-order valence-corrected chi connectivity index (χ2v) is 7.20. The van der Waals surface area contributed by atoms with Gasteiger partial charge < -0.3 is 0 Å². The molecule has 2 aromatic heterocycles. The van der Waals surface area contributed by atoms with Gasteiger partial charge in [0.1, 0.15) is 0 Å². The minimum atomic E-state index is 0.632. The van der Waals surface area contributed by atoms with Crippen LogP contribution >= 0.6 is 0 Å². The Balaban J connectivity index is 1.45. The molecule has 1 aromatic carbocycles. The van der Waals surface area contributed by atoms with Crippen molar-refractivity contribution in [1.29, 1.82) is 0 Å². The molecule has 3 heterocycles. The van der Waals surface area contributed by atoms with Crippen molar-refractivity contribution in [3.05, 3.63) is 66.2 Å².